The number of amides is 1. The zero-order chi connectivity index (χ0) is 31.5. The van der Waals surface area contributed by atoms with E-state index in [2.05, 4.69) is 31.9 Å². The lowest BCUT2D eigenvalue weighted by Crippen LogP contribution is -2.35. The molecule has 43 heavy (non-hydrogen) atoms. The normalized spacial score (nSPS) is 18.9. The predicted molar refractivity (Wildman–Crippen MR) is 169 cm³/mol. The molecule has 2 saturated heterocycles. The Morgan fingerprint density at radius 2 is 2.00 bits per heavy atom. The summed E-state index contributed by atoms with van der Waals surface area (Å²) in [6, 6.07) is 5.39. The van der Waals surface area contributed by atoms with E-state index < -0.39 is 17.5 Å². The molecule has 0 bridgehead atoms. The third-order valence-corrected chi connectivity index (χ3v) is 8.72. The Bertz CT molecular complexity index is 1600. The Morgan fingerprint density at radius 1 is 1.26 bits per heavy atom. The second kappa shape index (κ2) is 13.6. The number of carbonyl (C=O) groups excluding carboxylic acids is 1. The second-order valence-corrected chi connectivity index (χ2v) is 12.7. The zero-order valence-corrected chi connectivity index (χ0v) is 27.5. The summed E-state index contributed by atoms with van der Waals surface area (Å²) in [5.74, 6) is -0.463. The minimum absolute atomic E-state index is 0.0844. The minimum Gasteiger partial charge on any atom is -0.475 e. The van der Waals surface area contributed by atoms with E-state index in [9.17, 15) is 9.59 Å². The maximum absolute atomic E-state index is 15.9. The van der Waals surface area contributed by atoms with E-state index in [4.69, 9.17) is 14.7 Å². The summed E-state index contributed by atoms with van der Waals surface area (Å²) < 4.78 is 29.9. The summed E-state index contributed by atoms with van der Waals surface area (Å²) >= 11 is 3.37. The number of rotatable bonds is 6. The maximum atomic E-state index is 15.9. The molecule has 232 valence electrons. The minimum atomic E-state index is -0.620. The van der Waals surface area contributed by atoms with E-state index >= 15 is 4.39 Å². The summed E-state index contributed by atoms with van der Waals surface area (Å²) in [4.78, 5) is 34.7. The molecule has 2 fully saturated rings. The van der Waals surface area contributed by atoms with Crippen LogP contribution in [-0.4, -0.2) is 70.4 Å². The lowest BCUT2D eigenvalue weighted by atomic mass is 10.0. The number of carbonyl (C=O) groups is 1. The monoisotopic (exact) mass is 657 g/mol. The van der Waals surface area contributed by atoms with Gasteiger partial charge in [-0.1, -0.05) is 13.8 Å². The van der Waals surface area contributed by atoms with E-state index in [1.807, 2.05) is 46.2 Å². The van der Waals surface area contributed by atoms with Crippen LogP contribution in [0.4, 0.5) is 9.18 Å². The van der Waals surface area contributed by atoms with Crippen LogP contribution in [0, 0.1) is 17.1 Å². The van der Waals surface area contributed by atoms with E-state index in [1.54, 1.807) is 17.2 Å². The summed E-state index contributed by atoms with van der Waals surface area (Å²) in [6.45, 7) is 11.6. The first-order valence-electron chi connectivity index (χ1n) is 15.0. The fourth-order valence-electron chi connectivity index (χ4n) is 5.76. The first kappa shape index (κ1) is 32.7. The standard InChI is InChI=1S/C30H35BrFN5O4.C2H6/c1-30(2,3)41-29(39)36-13-9-19(16-36)37-14-10-22(38)23-27(37)21-15-18(7-5-11-33)24(31)25(32)26(21)34-28(23)40-17-20-8-6-12-35(20)4;1-2/h10,14-15,19-20H,5-9,12-13,16-17H2,1-4H3;1-2H3. The Hall–Kier alpha value is -3.23. The van der Waals surface area contributed by atoms with Gasteiger partial charge in [-0.15, -0.1) is 0 Å². The lowest BCUT2D eigenvalue weighted by Gasteiger charge is -2.25. The van der Waals surface area contributed by atoms with Crippen molar-refractivity contribution in [3.05, 3.63) is 44.4 Å². The van der Waals surface area contributed by atoms with Crippen molar-refractivity contribution in [2.24, 2.45) is 0 Å². The number of benzene rings is 1. The van der Waals surface area contributed by atoms with E-state index in [-0.39, 0.29) is 45.2 Å². The van der Waals surface area contributed by atoms with Crippen LogP contribution in [-0.2, 0) is 11.2 Å². The first-order valence-corrected chi connectivity index (χ1v) is 15.8. The van der Waals surface area contributed by atoms with Gasteiger partial charge in [0, 0.05) is 43.2 Å². The fraction of sp³-hybridized carbons (Fsp3) is 0.562. The molecule has 2 atom stereocenters. The highest BCUT2D eigenvalue weighted by atomic mass is 79.9. The summed E-state index contributed by atoms with van der Waals surface area (Å²) in [6.07, 6.45) is 4.52. The van der Waals surface area contributed by atoms with Gasteiger partial charge in [-0.3, -0.25) is 4.79 Å². The number of hydrogen-bond donors (Lipinski definition) is 0. The summed E-state index contributed by atoms with van der Waals surface area (Å²) in [5.41, 5.74) is 0.319. The third kappa shape index (κ3) is 6.96. The number of fused-ring (bicyclic) bond motifs is 3. The van der Waals surface area contributed by atoms with Gasteiger partial charge in [-0.25, -0.2) is 14.2 Å². The van der Waals surface area contributed by atoms with Gasteiger partial charge in [-0.05, 0) is 87.6 Å². The predicted octanol–water partition coefficient (Wildman–Crippen LogP) is 6.59. The van der Waals surface area contributed by atoms with E-state index in [0.29, 0.717) is 49.0 Å². The Kier molecular flexibility index (Phi) is 10.3. The lowest BCUT2D eigenvalue weighted by molar-refractivity contribution is 0.0289. The average molecular weight is 659 g/mol. The van der Waals surface area contributed by atoms with Gasteiger partial charge in [0.25, 0.3) is 0 Å². The summed E-state index contributed by atoms with van der Waals surface area (Å²) in [5, 5.41) is 9.91. The van der Waals surface area contributed by atoms with Crippen LogP contribution in [0.5, 0.6) is 5.88 Å². The molecule has 3 aromatic rings. The fourth-order valence-corrected chi connectivity index (χ4v) is 6.26. The molecule has 0 radical (unpaired) electrons. The largest absolute Gasteiger partial charge is 0.475 e. The molecule has 4 heterocycles. The number of aryl methyl sites for hydroxylation is 1. The number of nitriles is 1. The van der Waals surface area contributed by atoms with Gasteiger partial charge in [0.1, 0.15) is 23.1 Å². The quantitative estimate of drug-likeness (QED) is 0.276. The number of ether oxygens (including phenoxy) is 2. The zero-order valence-electron chi connectivity index (χ0n) is 25.9. The molecule has 2 unspecified atom stereocenters. The van der Waals surface area contributed by atoms with Crippen molar-refractivity contribution in [2.75, 3.05) is 33.3 Å². The number of likely N-dealkylation sites (tertiary alicyclic amines) is 2. The van der Waals surface area contributed by atoms with Gasteiger partial charge in [0.05, 0.1) is 22.1 Å². The molecule has 11 heteroatoms. The van der Waals surface area contributed by atoms with Crippen LogP contribution >= 0.6 is 15.9 Å². The second-order valence-electron chi connectivity index (χ2n) is 11.9. The van der Waals surface area contributed by atoms with Crippen LogP contribution in [0.1, 0.15) is 71.9 Å². The highest BCUT2D eigenvalue weighted by Gasteiger charge is 2.32. The molecule has 0 spiro atoms. The first-order chi connectivity index (χ1) is 20.5. The smallest absolute Gasteiger partial charge is 0.410 e. The number of aromatic nitrogens is 2. The van der Waals surface area contributed by atoms with Gasteiger partial charge >= 0.3 is 6.09 Å². The maximum Gasteiger partial charge on any atom is 0.410 e. The number of hydrogen-bond acceptors (Lipinski definition) is 7. The molecule has 0 saturated carbocycles. The molecular formula is C32H41BrFN5O4. The Balaban J connectivity index is 0.00000207. The van der Waals surface area contributed by atoms with Gasteiger partial charge < -0.3 is 23.8 Å². The van der Waals surface area contributed by atoms with Crippen LogP contribution in [0.15, 0.2) is 27.6 Å². The van der Waals surface area contributed by atoms with E-state index in [0.717, 1.165) is 19.4 Å². The molecular weight excluding hydrogens is 617 g/mol. The molecule has 1 aromatic carbocycles. The molecule has 0 aliphatic carbocycles. The highest BCUT2D eigenvalue weighted by molar-refractivity contribution is 9.10. The van der Waals surface area contributed by atoms with Crippen molar-refractivity contribution < 1.29 is 18.7 Å². The summed E-state index contributed by atoms with van der Waals surface area (Å²) in [7, 11) is 2.04. The highest BCUT2D eigenvalue weighted by Crippen LogP contribution is 2.37. The average Bonchev–Trinajstić information content (AvgIpc) is 3.63. The molecule has 0 N–H and O–H groups in total. The van der Waals surface area contributed by atoms with Crippen molar-refractivity contribution >= 4 is 43.8 Å². The third-order valence-electron chi connectivity index (χ3n) is 7.87. The van der Waals surface area contributed by atoms with Crippen LogP contribution in [0.2, 0.25) is 0 Å². The van der Waals surface area contributed by atoms with Crippen LogP contribution in [0.3, 0.4) is 0 Å². The van der Waals surface area contributed by atoms with Crippen molar-refractivity contribution in [2.45, 2.75) is 84.4 Å². The number of halogens is 2. The molecule has 2 aliphatic heterocycles. The Morgan fingerprint density at radius 3 is 2.65 bits per heavy atom. The molecule has 2 aromatic heterocycles. The van der Waals surface area contributed by atoms with E-state index in [1.165, 1.54) is 6.07 Å². The van der Waals surface area contributed by atoms with Crippen LogP contribution in [0.25, 0.3) is 21.8 Å². The van der Waals surface area contributed by atoms with Crippen molar-refractivity contribution in [1.29, 1.82) is 5.26 Å². The van der Waals surface area contributed by atoms with Crippen LogP contribution < -0.4 is 10.2 Å². The van der Waals surface area contributed by atoms with Crippen molar-refractivity contribution in [3.8, 4) is 11.9 Å². The number of pyridine rings is 2. The topological polar surface area (TPSA) is 101 Å². The molecule has 9 nitrogen and oxygen atoms in total. The Labute approximate surface area is 260 Å². The molecule has 2 aliphatic rings. The van der Waals surface area contributed by atoms with Crippen molar-refractivity contribution in [3.63, 3.8) is 0 Å². The molecule has 1 amide bonds. The van der Waals surface area contributed by atoms with Gasteiger partial charge in [0.2, 0.25) is 5.88 Å². The molecule has 5 rings (SSSR count). The number of likely N-dealkylation sites (N-methyl/N-ethyl adjacent to an activating group) is 1. The van der Waals surface area contributed by atoms with Gasteiger partial charge in [0.15, 0.2) is 11.2 Å². The van der Waals surface area contributed by atoms with Gasteiger partial charge in [-0.2, -0.15) is 5.26 Å². The number of nitrogens with zero attached hydrogens (tertiary/aromatic N) is 5. The van der Waals surface area contributed by atoms with Crippen molar-refractivity contribution in [1.82, 2.24) is 19.4 Å². The SMILES string of the molecule is CC.CN1CCCC1COc1nc2c(F)c(Br)c(CCC#N)cc2c2c1c(=O)ccn2C1CCN(C(=O)OC(C)(C)C)C1.